The third-order valence-electron chi connectivity index (χ3n) is 20.9. The molecule has 0 saturated carbocycles. The van der Waals surface area contributed by atoms with Crippen LogP contribution >= 0.6 is 11.8 Å². The predicted octanol–water partition coefficient (Wildman–Crippen LogP) is 30.9. The summed E-state index contributed by atoms with van der Waals surface area (Å²) in [5, 5.41) is 8.68. The molecule has 6 heterocycles. The molecule has 17 heteroatoms. The standard InChI is InChI=1S/C10H17NO2.C9H15NO2.C9H15NOS.C8H15NO3S.2C8H17N.C7H17N.2C7H16.6C6H14/c1-7-11-8(12)10(5,13-7)6-9(2,3)4;2*1-6-10-8(11)7(12-6)5-9(2,3)4;1-8(2,3)4-6-5-13(11,12)9-7(6)10;2*1-8(2,3)7-5-9(4)6-7;1-7(2,3)6-8(4)5;2*1-5-6-7(2,3)4;6*1-5-6(2,3)4/h1,6H2,2-5H3,(H,11,12);2*7H,1,5H2,2-4H3,(H,10,11);6H,4-5H2,1-3H3,(H,9,10);2*7H,5-6H2,1-4H3;6H2,1-5H3;2*5-6H2,1-4H3;6*5H2,1-4H3. The number of ether oxygens (including phenoxy) is 2. The summed E-state index contributed by atoms with van der Waals surface area (Å²) in [5.41, 5.74) is 5.49. The Hall–Kier alpha value is -3.12. The molecule has 15 nitrogen and oxygen atoms in total. The average Bonchev–Trinajstić information content (AvgIpc) is 1.69. The number of carbonyl (C=O) groups is 4. The van der Waals surface area contributed by atoms with Gasteiger partial charge in [0.1, 0.15) is 0 Å². The zero-order chi connectivity index (χ0) is 103. The largest absolute Gasteiger partial charge is 0.466 e. The number of carbonyl (C=O) groups excluding carboxylic acids is 4. The van der Waals surface area contributed by atoms with E-state index in [1.807, 2.05) is 25.5 Å². The molecule has 0 aliphatic carbocycles. The lowest BCUT2D eigenvalue weighted by molar-refractivity contribution is -0.132. The second kappa shape index (κ2) is 61.0. The van der Waals surface area contributed by atoms with E-state index < -0.39 is 15.6 Å². The quantitative estimate of drug-likeness (QED) is 0.190. The Morgan fingerprint density at radius 2 is 0.690 bits per heavy atom. The van der Waals surface area contributed by atoms with Crippen LogP contribution in [-0.2, 0) is 38.7 Å². The first-order valence-electron chi connectivity index (χ1n) is 48.7. The third-order valence-corrected chi connectivity index (χ3v) is 23.3. The number of likely N-dealkylation sites (tertiary alicyclic amines) is 2. The lowest BCUT2D eigenvalue weighted by Crippen LogP contribution is -2.49. The van der Waals surface area contributed by atoms with E-state index in [0.29, 0.717) is 84.2 Å². The molecule has 4 N–H and O–H groups in total. The van der Waals surface area contributed by atoms with Crippen LogP contribution in [0.25, 0.3) is 0 Å². The van der Waals surface area contributed by atoms with Crippen molar-refractivity contribution < 1.29 is 37.1 Å². The molecule has 4 amide bonds. The fraction of sp³-hybridized carbons (Fsp3) is 0.908. The first kappa shape index (κ1) is 141. The van der Waals surface area contributed by atoms with Crippen molar-refractivity contribution in [2.45, 2.75) is 481 Å². The number of rotatable bonds is 7. The van der Waals surface area contributed by atoms with Gasteiger partial charge in [-0.05, 0) is 173 Å². The SMILES string of the molecule is C=C1NC(=O)C(C)(CC(C)(C)C)O1.C=C1NC(=O)C(CC(C)(C)C)O1.C=C1NC(=O)C(CC(C)(C)C)S1.CC(C)(C)CC1CS(=O)(=O)NC1=O.CCC(C)(C)C.CCC(C)(C)C.CCC(C)(C)C.CCC(C)(C)C.CCC(C)(C)C.CCC(C)(C)C.CCCC(C)(C)C.CCCC(C)(C)C.CN(C)CC(C)(C)C.CN1CC(C(C)(C)C)C1.CN1CC(C(C)(C)C)C1. The number of hydrogen-bond acceptors (Lipinski definition) is 12. The maximum atomic E-state index is 11.5. The molecule has 0 aromatic rings. The second-order valence-electron chi connectivity index (χ2n) is 54.7. The van der Waals surface area contributed by atoms with E-state index in [0.717, 1.165) is 36.3 Å². The summed E-state index contributed by atoms with van der Waals surface area (Å²) in [6.45, 7) is 136. The molecule has 6 aliphatic heterocycles. The number of amides is 4. The maximum absolute atomic E-state index is 11.5. The fourth-order valence-electron chi connectivity index (χ4n) is 10.5. The molecule has 760 valence electrons. The smallest absolute Gasteiger partial charge is 0.270 e. The van der Waals surface area contributed by atoms with Gasteiger partial charge >= 0.3 is 0 Å². The summed E-state index contributed by atoms with van der Waals surface area (Å²) in [6.07, 6.45) is 15.5. The first-order chi connectivity index (χ1) is 55.1. The highest BCUT2D eigenvalue weighted by molar-refractivity contribution is 8.04. The fourth-order valence-corrected chi connectivity index (χ4v) is 13.1. The summed E-state index contributed by atoms with van der Waals surface area (Å²) >= 11 is 1.55. The van der Waals surface area contributed by atoms with Crippen LogP contribution in [0, 0.1) is 99.0 Å². The Kier molecular flexibility index (Phi) is 68.1. The van der Waals surface area contributed by atoms with E-state index in [4.69, 9.17) is 9.47 Å². The van der Waals surface area contributed by atoms with E-state index in [1.165, 1.54) is 90.4 Å². The number of nitrogens with zero attached hydrogens (tertiary/aromatic N) is 3. The summed E-state index contributed by atoms with van der Waals surface area (Å²) in [6, 6.07) is 0. The lowest BCUT2D eigenvalue weighted by Gasteiger charge is -2.44. The van der Waals surface area contributed by atoms with Gasteiger partial charge in [0, 0.05) is 39.1 Å². The number of sulfonamides is 1. The van der Waals surface area contributed by atoms with Crippen molar-refractivity contribution in [2.75, 3.05) is 66.7 Å². The Labute approximate surface area is 795 Å². The monoisotopic (exact) mass is 1830 g/mol. The van der Waals surface area contributed by atoms with E-state index in [-0.39, 0.29) is 68.3 Å². The normalized spacial score (nSPS) is 19.4. The van der Waals surface area contributed by atoms with Crippen LogP contribution in [0.1, 0.15) is 464 Å². The van der Waals surface area contributed by atoms with Gasteiger partial charge in [-0.25, -0.2) is 8.42 Å². The molecule has 4 atom stereocenters. The molecule has 4 unspecified atom stereocenters. The second-order valence-corrected chi connectivity index (χ2v) is 57.8. The minimum atomic E-state index is -3.32. The first-order valence-corrected chi connectivity index (χ1v) is 51.2. The summed E-state index contributed by atoms with van der Waals surface area (Å²) in [5.74, 6) is 1.77. The van der Waals surface area contributed by atoms with Crippen molar-refractivity contribution in [2.24, 2.45) is 99.0 Å². The molecule has 0 bridgehead atoms. The van der Waals surface area contributed by atoms with Crippen LogP contribution in [0.4, 0.5) is 0 Å². The zero-order valence-corrected chi connectivity index (χ0v) is 97.7. The highest BCUT2D eigenvalue weighted by Gasteiger charge is 2.45. The molecule has 0 aromatic heterocycles. The Bertz CT molecular complexity index is 2810. The molecule has 126 heavy (non-hydrogen) atoms. The number of nitrogens with one attached hydrogen (secondary N) is 4. The van der Waals surface area contributed by atoms with E-state index in [2.05, 4.69) is 425 Å². The lowest BCUT2D eigenvalue weighted by atomic mass is 9.76. The Balaban J connectivity index is -0.000000168. The molecule has 0 spiro atoms. The van der Waals surface area contributed by atoms with E-state index in [1.54, 1.807) is 18.7 Å². The van der Waals surface area contributed by atoms with Crippen LogP contribution in [0.15, 0.2) is 36.5 Å². The van der Waals surface area contributed by atoms with Gasteiger partial charge in [0.15, 0.2) is 23.5 Å². The van der Waals surface area contributed by atoms with Gasteiger partial charge < -0.3 is 29.5 Å². The van der Waals surface area contributed by atoms with Gasteiger partial charge in [-0.1, -0.05) is 437 Å². The predicted molar refractivity (Wildman–Crippen MR) is 565 cm³/mol. The minimum absolute atomic E-state index is 0.0120. The van der Waals surface area contributed by atoms with Crippen molar-refractivity contribution in [3.05, 3.63) is 36.5 Å². The zero-order valence-electron chi connectivity index (χ0n) is 96.1. The van der Waals surface area contributed by atoms with Gasteiger partial charge in [0.2, 0.25) is 21.8 Å². The maximum Gasteiger partial charge on any atom is 0.270 e. The van der Waals surface area contributed by atoms with Crippen LogP contribution in [0.5, 0.6) is 0 Å². The van der Waals surface area contributed by atoms with Gasteiger partial charge in [0.25, 0.3) is 11.8 Å². The van der Waals surface area contributed by atoms with Gasteiger partial charge in [-0.3, -0.25) is 34.5 Å². The molecule has 6 rings (SSSR count). The van der Waals surface area contributed by atoms with E-state index in [9.17, 15) is 27.6 Å². The van der Waals surface area contributed by atoms with Crippen LogP contribution in [0.2, 0.25) is 0 Å². The Morgan fingerprint density at radius 3 is 0.825 bits per heavy atom. The summed E-state index contributed by atoms with van der Waals surface area (Å²) < 4.78 is 34.6. The average molecular weight is 1830 g/mol. The van der Waals surface area contributed by atoms with Gasteiger partial charge in [-0.15, -0.1) is 0 Å². The molecular formula is C109H229N7O8S2. The van der Waals surface area contributed by atoms with Gasteiger partial charge in [-0.2, -0.15) is 0 Å². The molecule has 6 saturated heterocycles. The highest BCUT2D eigenvalue weighted by Crippen LogP contribution is 2.38. The van der Waals surface area contributed by atoms with Crippen molar-refractivity contribution in [3.8, 4) is 0 Å². The molecule has 6 aliphatic rings. The highest BCUT2D eigenvalue weighted by atomic mass is 32.2. The van der Waals surface area contributed by atoms with Crippen LogP contribution in [0.3, 0.4) is 0 Å². The van der Waals surface area contributed by atoms with Gasteiger partial charge in [0.05, 0.1) is 21.9 Å². The van der Waals surface area contributed by atoms with E-state index >= 15 is 0 Å². The molecule has 0 aromatic carbocycles. The molecule has 6 fully saturated rings. The topological polar surface area (TPSA) is 179 Å². The summed E-state index contributed by atoms with van der Waals surface area (Å²) in [7, 11) is 5.25. The molecular weight excluding hydrogens is 1600 g/mol. The minimum Gasteiger partial charge on any atom is -0.466 e. The third kappa shape index (κ3) is 103. The number of hydrogen-bond donors (Lipinski definition) is 4. The van der Waals surface area contributed by atoms with Crippen molar-refractivity contribution in [1.82, 2.24) is 35.4 Å². The van der Waals surface area contributed by atoms with Crippen molar-refractivity contribution in [1.29, 1.82) is 0 Å². The Morgan fingerprint density at radius 1 is 0.397 bits per heavy atom. The van der Waals surface area contributed by atoms with Crippen LogP contribution < -0.4 is 20.7 Å². The van der Waals surface area contributed by atoms with Crippen molar-refractivity contribution in [3.63, 3.8) is 0 Å². The molecule has 0 radical (unpaired) electrons. The van der Waals surface area contributed by atoms with Crippen molar-refractivity contribution >= 4 is 45.4 Å². The van der Waals surface area contributed by atoms with Crippen LogP contribution in [-0.4, -0.2) is 130 Å². The number of thioether (sulfide) groups is 1. The summed E-state index contributed by atoms with van der Waals surface area (Å²) in [4.78, 5) is 52.0.